The molecule has 1 aromatic rings. The van der Waals surface area contributed by atoms with E-state index in [2.05, 4.69) is 15.3 Å². The Balaban J connectivity index is 2.93. The van der Waals surface area contributed by atoms with E-state index in [0.717, 1.165) is 0 Å². The molecule has 0 saturated heterocycles. The Morgan fingerprint density at radius 3 is 2.78 bits per heavy atom. The van der Waals surface area contributed by atoms with Crippen molar-refractivity contribution in [2.45, 2.75) is 13.8 Å². The molecule has 0 unspecified atom stereocenters. The van der Waals surface area contributed by atoms with E-state index < -0.39 is 6.09 Å². The van der Waals surface area contributed by atoms with Crippen molar-refractivity contribution >= 4 is 35.0 Å². The molecule has 7 heteroatoms. The number of hydrogen-bond acceptors (Lipinski definition) is 4. The van der Waals surface area contributed by atoms with E-state index in [0.29, 0.717) is 16.3 Å². The lowest BCUT2D eigenvalue weighted by Crippen LogP contribution is -2.20. The molecule has 0 aliphatic heterocycles. The molecule has 98 valence electrons. The first-order chi connectivity index (χ1) is 8.45. The minimum Gasteiger partial charge on any atom is -0.506 e. The Hall–Kier alpha value is -1.46. The first kappa shape index (κ1) is 14.6. The van der Waals surface area contributed by atoms with Crippen LogP contribution >= 0.6 is 23.2 Å². The van der Waals surface area contributed by atoms with Gasteiger partial charge in [-0.2, -0.15) is 5.10 Å². The van der Waals surface area contributed by atoms with Crippen LogP contribution in [0.5, 0.6) is 5.75 Å². The summed E-state index contributed by atoms with van der Waals surface area (Å²) in [6, 6.07) is 2.91. The number of carbonyl (C=O) groups excluding carboxylic acids is 1. The molecule has 0 fully saturated rings. The van der Waals surface area contributed by atoms with Gasteiger partial charge in [-0.05, 0) is 26.0 Å². The number of nitrogens with zero attached hydrogens (tertiary/aromatic N) is 1. The van der Waals surface area contributed by atoms with Crippen molar-refractivity contribution in [3.05, 3.63) is 27.7 Å². The van der Waals surface area contributed by atoms with E-state index in [4.69, 9.17) is 23.2 Å². The molecule has 1 aromatic carbocycles. The average molecular weight is 291 g/mol. The predicted octanol–water partition coefficient (Wildman–Crippen LogP) is 3.17. The third-order valence-electron chi connectivity index (χ3n) is 2.01. The molecule has 0 aromatic heterocycles. The number of amides is 1. The maximum atomic E-state index is 11.0. The lowest BCUT2D eigenvalue weighted by atomic mass is 10.1. The zero-order chi connectivity index (χ0) is 13.7. The van der Waals surface area contributed by atoms with Crippen LogP contribution in [0.15, 0.2) is 17.2 Å². The molecule has 0 heterocycles. The molecule has 18 heavy (non-hydrogen) atoms. The van der Waals surface area contributed by atoms with Crippen LogP contribution in [0.3, 0.4) is 0 Å². The van der Waals surface area contributed by atoms with Crippen molar-refractivity contribution in [1.29, 1.82) is 0 Å². The van der Waals surface area contributed by atoms with Crippen molar-refractivity contribution in [3.8, 4) is 5.75 Å². The zero-order valence-corrected chi connectivity index (χ0v) is 11.3. The van der Waals surface area contributed by atoms with Crippen molar-refractivity contribution in [2.24, 2.45) is 5.10 Å². The number of benzene rings is 1. The van der Waals surface area contributed by atoms with Gasteiger partial charge in [-0.3, -0.25) is 0 Å². The van der Waals surface area contributed by atoms with Gasteiger partial charge in [0.25, 0.3) is 0 Å². The van der Waals surface area contributed by atoms with Gasteiger partial charge < -0.3 is 9.84 Å². The monoisotopic (exact) mass is 290 g/mol. The third kappa shape index (κ3) is 3.78. The number of carbonyl (C=O) groups is 1. The number of phenolic OH excluding ortho intramolecular Hbond substituents is 1. The number of hydrazone groups is 1. The molecule has 5 nitrogen and oxygen atoms in total. The SMILES string of the molecule is CCOC(=O)N/N=C(\C)c1cc(Cl)cc(Cl)c1O. The predicted molar refractivity (Wildman–Crippen MR) is 70.5 cm³/mol. The van der Waals surface area contributed by atoms with Gasteiger partial charge in [-0.25, -0.2) is 10.2 Å². The highest BCUT2D eigenvalue weighted by atomic mass is 35.5. The summed E-state index contributed by atoms with van der Waals surface area (Å²) >= 11 is 11.6. The maximum absolute atomic E-state index is 11.0. The highest BCUT2D eigenvalue weighted by Gasteiger charge is 2.11. The van der Waals surface area contributed by atoms with E-state index in [9.17, 15) is 9.90 Å². The van der Waals surface area contributed by atoms with Crippen LogP contribution in [0, 0.1) is 0 Å². The van der Waals surface area contributed by atoms with Gasteiger partial charge in [-0.1, -0.05) is 23.2 Å². The minimum absolute atomic E-state index is 0.114. The van der Waals surface area contributed by atoms with Gasteiger partial charge >= 0.3 is 6.09 Å². The Morgan fingerprint density at radius 2 is 2.17 bits per heavy atom. The van der Waals surface area contributed by atoms with Gasteiger partial charge in [0, 0.05) is 10.6 Å². The summed E-state index contributed by atoms with van der Waals surface area (Å²) in [5.74, 6) is -0.145. The van der Waals surface area contributed by atoms with Crippen molar-refractivity contribution in [1.82, 2.24) is 5.43 Å². The molecule has 1 rings (SSSR count). The largest absolute Gasteiger partial charge is 0.506 e. The fourth-order valence-electron chi connectivity index (χ4n) is 1.19. The summed E-state index contributed by atoms with van der Waals surface area (Å²) < 4.78 is 4.63. The van der Waals surface area contributed by atoms with Crippen LogP contribution in [-0.4, -0.2) is 23.5 Å². The molecular weight excluding hydrogens is 279 g/mol. The highest BCUT2D eigenvalue weighted by molar-refractivity contribution is 6.36. The Kier molecular flexibility index (Phi) is 5.25. The lowest BCUT2D eigenvalue weighted by molar-refractivity contribution is 0.152. The summed E-state index contributed by atoms with van der Waals surface area (Å²) in [6.45, 7) is 3.52. The molecule has 0 aliphatic carbocycles. The van der Waals surface area contributed by atoms with Gasteiger partial charge in [0.2, 0.25) is 0 Å². The molecule has 0 bridgehead atoms. The number of rotatable bonds is 3. The van der Waals surface area contributed by atoms with Crippen LogP contribution in [0.2, 0.25) is 10.0 Å². The number of halogens is 2. The third-order valence-corrected chi connectivity index (χ3v) is 2.51. The molecule has 0 radical (unpaired) electrons. The molecular formula is C11H12Cl2N2O3. The second kappa shape index (κ2) is 6.47. The van der Waals surface area contributed by atoms with Crippen LogP contribution in [-0.2, 0) is 4.74 Å². The molecule has 0 atom stereocenters. The van der Waals surface area contributed by atoms with Crippen LogP contribution < -0.4 is 5.43 Å². The van der Waals surface area contributed by atoms with Gasteiger partial charge in [0.05, 0.1) is 17.3 Å². The maximum Gasteiger partial charge on any atom is 0.427 e. The van der Waals surface area contributed by atoms with E-state index in [-0.39, 0.29) is 17.4 Å². The number of phenols is 1. The molecule has 2 N–H and O–H groups in total. The Labute approximate surface area is 114 Å². The average Bonchev–Trinajstić information content (AvgIpc) is 2.31. The Bertz CT molecular complexity index is 489. The fraction of sp³-hybridized carbons (Fsp3) is 0.273. The standard InChI is InChI=1S/C11H12Cl2N2O3/c1-3-18-11(17)15-14-6(2)8-4-7(12)5-9(13)10(8)16/h4-5,16H,3H2,1-2H3,(H,15,17)/b14-6+. The zero-order valence-electron chi connectivity index (χ0n) is 9.83. The van der Waals surface area contributed by atoms with E-state index in [1.54, 1.807) is 13.8 Å². The van der Waals surface area contributed by atoms with Gasteiger partial charge in [0.15, 0.2) is 0 Å². The van der Waals surface area contributed by atoms with Crippen molar-refractivity contribution in [3.63, 3.8) is 0 Å². The molecule has 1 amide bonds. The van der Waals surface area contributed by atoms with Crippen molar-refractivity contribution < 1.29 is 14.6 Å². The number of nitrogens with one attached hydrogen (secondary N) is 1. The number of hydrogen-bond donors (Lipinski definition) is 2. The molecule has 0 spiro atoms. The van der Waals surface area contributed by atoms with E-state index in [1.165, 1.54) is 12.1 Å². The number of aromatic hydroxyl groups is 1. The first-order valence-electron chi connectivity index (χ1n) is 5.11. The summed E-state index contributed by atoms with van der Waals surface area (Å²) in [5, 5.41) is 14.0. The summed E-state index contributed by atoms with van der Waals surface area (Å²) in [5.41, 5.74) is 2.87. The summed E-state index contributed by atoms with van der Waals surface area (Å²) in [7, 11) is 0. The highest BCUT2D eigenvalue weighted by Crippen LogP contribution is 2.31. The van der Waals surface area contributed by atoms with E-state index >= 15 is 0 Å². The van der Waals surface area contributed by atoms with Gasteiger partial charge in [-0.15, -0.1) is 0 Å². The van der Waals surface area contributed by atoms with Gasteiger partial charge in [0.1, 0.15) is 5.75 Å². The topological polar surface area (TPSA) is 70.9 Å². The minimum atomic E-state index is -0.676. The second-order valence-electron chi connectivity index (χ2n) is 3.31. The van der Waals surface area contributed by atoms with Crippen LogP contribution in [0.1, 0.15) is 19.4 Å². The quantitative estimate of drug-likeness (QED) is 0.663. The van der Waals surface area contributed by atoms with Crippen molar-refractivity contribution in [2.75, 3.05) is 6.61 Å². The molecule has 0 saturated carbocycles. The smallest absolute Gasteiger partial charge is 0.427 e. The normalized spacial score (nSPS) is 11.2. The Morgan fingerprint density at radius 1 is 1.50 bits per heavy atom. The fourth-order valence-corrected chi connectivity index (χ4v) is 1.69. The summed E-state index contributed by atoms with van der Waals surface area (Å²) in [4.78, 5) is 11.0. The number of ether oxygens (including phenoxy) is 1. The van der Waals surface area contributed by atoms with Crippen LogP contribution in [0.25, 0.3) is 0 Å². The lowest BCUT2D eigenvalue weighted by Gasteiger charge is -2.07. The first-order valence-corrected chi connectivity index (χ1v) is 5.86. The van der Waals surface area contributed by atoms with Crippen LogP contribution in [0.4, 0.5) is 4.79 Å². The summed E-state index contributed by atoms with van der Waals surface area (Å²) in [6.07, 6.45) is -0.676. The molecule has 0 aliphatic rings. The second-order valence-corrected chi connectivity index (χ2v) is 4.16. The van der Waals surface area contributed by atoms with E-state index in [1.807, 2.05) is 0 Å².